The average molecular weight is 164 g/mol. The molecule has 22 valence electrons. The monoisotopic (exact) mass is 162 g/mol. The summed E-state index contributed by atoms with van der Waals surface area (Å²) < 4.78 is 0. The molecule has 0 saturated carbocycles. The molecule has 0 rings (SSSR count). The van der Waals surface area contributed by atoms with Crippen molar-refractivity contribution in [3.63, 3.8) is 0 Å². The van der Waals surface area contributed by atoms with Crippen LogP contribution in [0, 0.1) is 0 Å². The molecule has 0 nitrogen and oxygen atoms in total. The van der Waals surface area contributed by atoms with Crippen LogP contribution < -0.4 is 0 Å². The van der Waals surface area contributed by atoms with Gasteiger partial charge in [0.05, 0.1) is 0 Å². The molecule has 4 heavy (non-hydrogen) atoms. The van der Waals surface area contributed by atoms with Gasteiger partial charge in [0.25, 0.3) is 0 Å². The zero-order valence-corrected chi connectivity index (χ0v) is 5.08. The van der Waals surface area contributed by atoms with Crippen molar-refractivity contribution >= 4 is 40.4 Å². The molecule has 0 aliphatic rings. The Kier molecular flexibility index (Phi) is 166. The van der Waals surface area contributed by atoms with Crippen LogP contribution in [-0.4, -0.2) is 40.4 Å². The second kappa shape index (κ2) is 19.0. The fourth-order valence-electron chi connectivity index (χ4n) is 0. The van der Waals surface area contributed by atoms with Gasteiger partial charge in [-0.3, -0.25) is 0 Å². The van der Waals surface area contributed by atoms with Gasteiger partial charge >= 0.3 is 23.1 Å². The average Bonchev–Trinajstić information content (AvgIpc) is 0. The van der Waals surface area contributed by atoms with Gasteiger partial charge in [0.2, 0.25) is 0 Å². The van der Waals surface area contributed by atoms with Crippen molar-refractivity contribution in [1.82, 2.24) is 0 Å². The van der Waals surface area contributed by atoms with Gasteiger partial charge < -0.3 is 2.85 Å². The number of hydrogen-bond acceptors (Lipinski definition) is 0. The molecule has 0 aromatic heterocycles. The van der Waals surface area contributed by atoms with Crippen molar-refractivity contribution in [2.75, 3.05) is 0 Å². The Balaban J connectivity index is 0. The van der Waals surface area contributed by atoms with Crippen LogP contribution in [0.25, 0.3) is 0 Å². The van der Waals surface area contributed by atoms with Crippen LogP contribution in [0.5, 0.6) is 0 Å². The Hall–Kier alpha value is 2.18. The smallest absolute Gasteiger partial charge is 1.00 e. The summed E-state index contributed by atoms with van der Waals surface area (Å²) in [6, 6.07) is 0. The summed E-state index contributed by atoms with van der Waals surface area (Å²) in [6.07, 6.45) is 0. The topological polar surface area (TPSA) is 0 Å². The van der Waals surface area contributed by atoms with Gasteiger partial charge in [0.1, 0.15) is 0 Å². The molecule has 0 radical (unpaired) electrons. The zero-order chi connectivity index (χ0) is 0. The predicted molar refractivity (Wildman–Crippen MR) is 24.6 cm³/mol. The molecule has 0 amide bonds. The second-order valence-electron chi connectivity index (χ2n) is 0. The van der Waals surface area contributed by atoms with Gasteiger partial charge in [0, 0.05) is 26.2 Å². The van der Waals surface area contributed by atoms with Crippen LogP contribution >= 0.6 is 0 Å². The van der Waals surface area contributed by atoms with Crippen LogP contribution in [0.1, 0.15) is 10.3 Å². The SMILES string of the molecule is C.[AlH3].[H-].[H-].[Mg+2].[Zr]. The van der Waals surface area contributed by atoms with Gasteiger partial charge in [0.15, 0.2) is 17.4 Å². The molecule has 0 atom stereocenters. The minimum atomic E-state index is 0. The molecule has 0 bridgehead atoms. The van der Waals surface area contributed by atoms with E-state index in [1.54, 1.807) is 0 Å². The first kappa shape index (κ1) is 34.9. The van der Waals surface area contributed by atoms with Crippen molar-refractivity contribution in [1.29, 1.82) is 0 Å². The third-order valence-corrected chi connectivity index (χ3v) is 0. The standard InChI is InChI=1S/CH4.Al.Mg.Zr.5H/h1H4;;;;;;;;/q;;+2;;;;;2*-1. The fraction of sp³-hybridized carbons (Fsp3) is 1.00. The Morgan fingerprint density at radius 3 is 1.25 bits per heavy atom. The van der Waals surface area contributed by atoms with E-state index in [0.29, 0.717) is 0 Å². The number of hydrogen-bond donors (Lipinski definition) is 0. The molecule has 0 saturated heterocycles. The van der Waals surface area contributed by atoms with Gasteiger partial charge in [-0.15, -0.1) is 0 Å². The number of rotatable bonds is 0. The molecule has 0 fully saturated rings. The van der Waals surface area contributed by atoms with E-state index in [9.17, 15) is 0 Å². The van der Waals surface area contributed by atoms with E-state index in [0.717, 1.165) is 0 Å². The summed E-state index contributed by atoms with van der Waals surface area (Å²) in [7, 11) is 0. The van der Waals surface area contributed by atoms with Crippen LogP contribution in [-0.2, 0) is 26.2 Å². The van der Waals surface area contributed by atoms with Crippen LogP contribution in [0.3, 0.4) is 0 Å². The predicted octanol–water partition coefficient (Wildman–Crippen LogP) is -0.706. The quantitative estimate of drug-likeness (QED) is 0.414. The molecule has 0 N–H and O–H groups in total. The molecule has 0 heterocycles. The largest absolute Gasteiger partial charge is 2.00 e. The molecule has 0 unspecified atom stereocenters. The summed E-state index contributed by atoms with van der Waals surface area (Å²) >= 11 is 0. The van der Waals surface area contributed by atoms with Crippen molar-refractivity contribution in [3.8, 4) is 0 Å². The Bertz CT molecular complexity index is 13.5. The van der Waals surface area contributed by atoms with Crippen molar-refractivity contribution in [3.05, 3.63) is 0 Å². The molecule has 0 aromatic rings. The molecule has 0 aromatic carbocycles. The molecule has 0 aliphatic carbocycles. The van der Waals surface area contributed by atoms with E-state index in [4.69, 9.17) is 0 Å². The summed E-state index contributed by atoms with van der Waals surface area (Å²) in [4.78, 5) is 0. The molecular formula is CH9AlMgZr. The normalized spacial score (nSPS) is 0. The molecular weight excluding hydrogens is 155 g/mol. The van der Waals surface area contributed by atoms with Crippen molar-refractivity contribution in [2.24, 2.45) is 0 Å². The van der Waals surface area contributed by atoms with E-state index < -0.39 is 0 Å². The van der Waals surface area contributed by atoms with Gasteiger partial charge in [-0.25, -0.2) is 0 Å². The third-order valence-electron chi connectivity index (χ3n) is 0. The van der Waals surface area contributed by atoms with E-state index in [1.165, 1.54) is 0 Å². The van der Waals surface area contributed by atoms with E-state index in [-0.39, 0.29) is 76.9 Å². The van der Waals surface area contributed by atoms with Crippen LogP contribution in [0.2, 0.25) is 0 Å². The fourth-order valence-corrected chi connectivity index (χ4v) is 0. The summed E-state index contributed by atoms with van der Waals surface area (Å²) in [5.41, 5.74) is 0. The Morgan fingerprint density at radius 1 is 1.25 bits per heavy atom. The van der Waals surface area contributed by atoms with E-state index in [2.05, 4.69) is 0 Å². The minimum absolute atomic E-state index is 0. The molecule has 0 aliphatic heterocycles. The van der Waals surface area contributed by atoms with Gasteiger partial charge in [-0.1, -0.05) is 7.43 Å². The first-order chi connectivity index (χ1) is 0. The van der Waals surface area contributed by atoms with E-state index in [1.807, 2.05) is 0 Å². The molecule has 0 spiro atoms. The minimum Gasteiger partial charge on any atom is -1.00 e. The van der Waals surface area contributed by atoms with Gasteiger partial charge in [-0.05, 0) is 0 Å². The Morgan fingerprint density at radius 2 is 1.25 bits per heavy atom. The van der Waals surface area contributed by atoms with Crippen LogP contribution in [0.4, 0.5) is 0 Å². The Labute approximate surface area is 76.1 Å². The maximum Gasteiger partial charge on any atom is 2.00 e. The first-order valence-electron chi connectivity index (χ1n) is 0. The van der Waals surface area contributed by atoms with E-state index >= 15 is 0 Å². The first-order valence-corrected chi connectivity index (χ1v) is 0. The molecule has 3 heteroatoms. The van der Waals surface area contributed by atoms with Crippen molar-refractivity contribution < 1.29 is 29.1 Å². The summed E-state index contributed by atoms with van der Waals surface area (Å²) in [5, 5.41) is 0. The maximum absolute atomic E-state index is 0. The maximum atomic E-state index is 0. The zero-order valence-electron chi connectivity index (χ0n) is 3.21. The van der Waals surface area contributed by atoms with Gasteiger partial charge in [-0.2, -0.15) is 0 Å². The van der Waals surface area contributed by atoms with Crippen molar-refractivity contribution in [2.45, 2.75) is 7.43 Å². The third kappa shape index (κ3) is 8.89. The summed E-state index contributed by atoms with van der Waals surface area (Å²) in [5.74, 6) is 0. The summed E-state index contributed by atoms with van der Waals surface area (Å²) in [6.45, 7) is 0. The van der Waals surface area contributed by atoms with Crippen LogP contribution in [0.15, 0.2) is 0 Å². The second-order valence-corrected chi connectivity index (χ2v) is 0.